The van der Waals surface area contributed by atoms with Crippen molar-refractivity contribution in [1.29, 1.82) is 0 Å². The lowest BCUT2D eigenvalue weighted by Gasteiger charge is -2.23. The number of likely N-dealkylation sites (tertiary alicyclic amines) is 1. The van der Waals surface area contributed by atoms with Crippen LogP contribution in [0.3, 0.4) is 0 Å². The Morgan fingerprint density at radius 1 is 1.42 bits per heavy atom. The molecule has 0 bridgehead atoms. The molecule has 2 rings (SSSR count). The molecule has 0 spiro atoms. The van der Waals surface area contributed by atoms with Crippen molar-refractivity contribution >= 4 is 11.9 Å². The van der Waals surface area contributed by atoms with Gasteiger partial charge >= 0.3 is 6.03 Å². The summed E-state index contributed by atoms with van der Waals surface area (Å²) in [5.74, 6) is 0.775. The lowest BCUT2D eigenvalue weighted by molar-refractivity contribution is -0.127. The number of amides is 3. The summed E-state index contributed by atoms with van der Waals surface area (Å²) in [7, 11) is 1.82. The number of hydrogen-bond donors (Lipinski definition) is 1. The summed E-state index contributed by atoms with van der Waals surface area (Å²) in [6.45, 7) is 8.68. The van der Waals surface area contributed by atoms with Crippen LogP contribution < -0.4 is 5.32 Å². The highest BCUT2D eigenvalue weighted by Gasteiger charge is 2.26. The first kappa shape index (κ1) is 18.3. The number of hydrogen-bond acceptors (Lipinski definition) is 2. The molecule has 1 aromatic carbocycles. The van der Waals surface area contributed by atoms with Crippen LogP contribution in [0.2, 0.25) is 0 Å². The van der Waals surface area contributed by atoms with Crippen LogP contribution in [0.1, 0.15) is 37.3 Å². The van der Waals surface area contributed by atoms with Crippen molar-refractivity contribution in [2.24, 2.45) is 5.92 Å². The van der Waals surface area contributed by atoms with Gasteiger partial charge in [0.15, 0.2) is 0 Å². The summed E-state index contributed by atoms with van der Waals surface area (Å²) >= 11 is 0. The van der Waals surface area contributed by atoms with Gasteiger partial charge in [-0.2, -0.15) is 0 Å². The molecular weight excluding hydrogens is 302 g/mol. The molecule has 1 aliphatic heterocycles. The first-order valence-corrected chi connectivity index (χ1v) is 8.68. The van der Waals surface area contributed by atoms with E-state index < -0.39 is 0 Å². The van der Waals surface area contributed by atoms with E-state index in [2.05, 4.69) is 43.4 Å². The molecule has 0 unspecified atom stereocenters. The topological polar surface area (TPSA) is 52.7 Å². The van der Waals surface area contributed by atoms with E-state index in [9.17, 15) is 9.59 Å². The maximum Gasteiger partial charge on any atom is 0.317 e. The van der Waals surface area contributed by atoms with Gasteiger partial charge < -0.3 is 15.1 Å². The Labute approximate surface area is 145 Å². The Morgan fingerprint density at radius 3 is 2.79 bits per heavy atom. The van der Waals surface area contributed by atoms with Crippen molar-refractivity contribution in [2.75, 3.05) is 33.2 Å². The number of carbonyl (C=O) groups excluding carboxylic acids is 2. The van der Waals surface area contributed by atoms with E-state index in [1.165, 1.54) is 11.1 Å². The number of aryl methyl sites for hydroxylation is 1. The third-order valence-electron chi connectivity index (χ3n) is 4.78. The number of carbonyl (C=O) groups is 2. The zero-order valence-electron chi connectivity index (χ0n) is 15.2. The molecule has 0 radical (unpaired) electrons. The summed E-state index contributed by atoms with van der Waals surface area (Å²) in [6.07, 6.45) is 0.969. The van der Waals surface area contributed by atoms with Crippen LogP contribution in [-0.2, 0) is 4.79 Å². The maximum absolute atomic E-state index is 12.3. The van der Waals surface area contributed by atoms with Crippen LogP contribution in [0.15, 0.2) is 24.3 Å². The molecule has 3 amide bonds. The average molecular weight is 331 g/mol. The fourth-order valence-corrected chi connectivity index (χ4v) is 3.21. The normalized spacial score (nSPS) is 18.3. The molecule has 1 fully saturated rings. The van der Waals surface area contributed by atoms with Gasteiger partial charge in [0.2, 0.25) is 5.91 Å². The molecule has 1 aromatic rings. The molecule has 0 aromatic heterocycles. The molecule has 132 valence electrons. The number of rotatable bonds is 5. The summed E-state index contributed by atoms with van der Waals surface area (Å²) in [6, 6.07) is 8.35. The Kier molecular flexibility index (Phi) is 6.23. The van der Waals surface area contributed by atoms with E-state index in [1.807, 2.05) is 11.9 Å². The van der Waals surface area contributed by atoms with E-state index in [0.29, 0.717) is 19.0 Å². The second-order valence-electron chi connectivity index (χ2n) is 7.00. The third-order valence-corrected chi connectivity index (χ3v) is 4.78. The number of nitrogens with one attached hydrogen (secondary N) is 1. The van der Waals surface area contributed by atoms with Crippen molar-refractivity contribution in [2.45, 2.75) is 33.1 Å². The molecule has 24 heavy (non-hydrogen) atoms. The highest BCUT2D eigenvalue weighted by molar-refractivity contribution is 5.74. The van der Waals surface area contributed by atoms with E-state index in [-0.39, 0.29) is 17.9 Å². The maximum atomic E-state index is 12.3. The van der Waals surface area contributed by atoms with Gasteiger partial charge in [0.1, 0.15) is 0 Å². The first-order chi connectivity index (χ1) is 11.4. The highest BCUT2D eigenvalue weighted by Crippen LogP contribution is 2.18. The van der Waals surface area contributed by atoms with Gasteiger partial charge in [0.05, 0.1) is 0 Å². The van der Waals surface area contributed by atoms with Crippen LogP contribution in [-0.4, -0.2) is 55.0 Å². The van der Waals surface area contributed by atoms with Crippen LogP contribution in [0.25, 0.3) is 0 Å². The Bertz CT molecular complexity index is 588. The number of benzene rings is 1. The van der Waals surface area contributed by atoms with Gasteiger partial charge in [-0.25, -0.2) is 4.79 Å². The lowest BCUT2D eigenvalue weighted by Crippen LogP contribution is -2.41. The Hall–Kier alpha value is -2.04. The van der Waals surface area contributed by atoms with Crippen LogP contribution in [0.5, 0.6) is 0 Å². The molecule has 1 aliphatic rings. The van der Waals surface area contributed by atoms with Gasteiger partial charge in [-0.1, -0.05) is 36.8 Å². The standard InChI is InChI=1S/C19H29N3O2/c1-14-6-5-7-18(10-14)15(2)11-20-19(24)21(4)12-17-8-9-22(13-17)16(3)23/h5-7,10,15,17H,8-9,11-13H2,1-4H3,(H,20,24)/t15-,17+/m0/s1. The molecule has 5 nitrogen and oxygen atoms in total. The van der Waals surface area contributed by atoms with E-state index >= 15 is 0 Å². The van der Waals surface area contributed by atoms with Crippen LogP contribution >= 0.6 is 0 Å². The van der Waals surface area contributed by atoms with Crippen molar-refractivity contribution < 1.29 is 9.59 Å². The average Bonchev–Trinajstić information content (AvgIpc) is 3.01. The van der Waals surface area contributed by atoms with Crippen LogP contribution in [0.4, 0.5) is 4.79 Å². The van der Waals surface area contributed by atoms with Crippen molar-refractivity contribution in [3.8, 4) is 0 Å². The summed E-state index contributed by atoms with van der Waals surface area (Å²) in [4.78, 5) is 27.3. The van der Waals surface area contributed by atoms with E-state index in [0.717, 1.165) is 19.5 Å². The molecule has 0 saturated carbocycles. The monoisotopic (exact) mass is 331 g/mol. The molecule has 2 atom stereocenters. The fourth-order valence-electron chi connectivity index (χ4n) is 3.21. The number of urea groups is 1. The fraction of sp³-hybridized carbons (Fsp3) is 0.579. The summed E-state index contributed by atoms with van der Waals surface area (Å²) in [5.41, 5.74) is 2.48. The van der Waals surface area contributed by atoms with Crippen molar-refractivity contribution in [1.82, 2.24) is 15.1 Å². The first-order valence-electron chi connectivity index (χ1n) is 8.68. The molecule has 1 N–H and O–H groups in total. The second kappa shape index (κ2) is 8.18. The zero-order chi connectivity index (χ0) is 17.7. The van der Waals surface area contributed by atoms with Crippen molar-refractivity contribution in [3.05, 3.63) is 35.4 Å². The Morgan fingerprint density at radius 2 is 2.17 bits per heavy atom. The predicted molar refractivity (Wildman–Crippen MR) is 96.0 cm³/mol. The van der Waals surface area contributed by atoms with Crippen molar-refractivity contribution in [3.63, 3.8) is 0 Å². The number of nitrogens with zero attached hydrogens (tertiary/aromatic N) is 2. The van der Waals surface area contributed by atoms with E-state index in [4.69, 9.17) is 0 Å². The molecule has 5 heteroatoms. The van der Waals surface area contributed by atoms with Gasteiger partial charge in [0, 0.05) is 40.2 Å². The predicted octanol–water partition coefficient (Wildman–Crippen LogP) is 2.61. The highest BCUT2D eigenvalue weighted by atomic mass is 16.2. The minimum atomic E-state index is -0.0456. The minimum absolute atomic E-state index is 0.0456. The quantitative estimate of drug-likeness (QED) is 0.902. The van der Waals surface area contributed by atoms with Gasteiger partial charge in [-0.15, -0.1) is 0 Å². The largest absolute Gasteiger partial charge is 0.343 e. The van der Waals surface area contributed by atoms with Gasteiger partial charge in [-0.3, -0.25) is 4.79 Å². The molecule has 0 aliphatic carbocycles. The van der Waals surface area contributed by atoms with Crippen LogP contribution in [0, 0.1) is 12.8 Å². The van der Waals surface area contributed by atoms with Gasteiger partial charge in [-0.05, 0) is 30.7 Å². The van der Waals surface area contributed by atoms with E-state index in [1.54, 1.807) is 11.8 Å². The summed E-state index contributed by atoms with van der Waals surface area (Å²) < 4.78 is 0. The smallest absolute Gasteiger partial charge is 0.317 e. The second-order valence-corrected chi connectivity index (χ2v) is 7.00. The van der Waals surface area contributed by atoms with Gasteiger partial charge in [0.25, 0.3) is 0 Å². The zero-order valence-corrected chi connectivity index (χ0v) is 15.2. The molecule has 1 heterocycles. The molecular formula is C19H29N3O2. The Balaban J connectivity index is 1.76. The minimum Gasteiger partial charge on any atom is -0.343 e. The third kappa shape index (κ3) is 4.98. The SMILES string of the molecule is CC(=O)N1CC[C@H](CN(C)C(=O)NC[C@H](C)c2cccc(C)c2)C1. The lowest BCUT2D eigenvalue weighted by atomic mass is 9.99. The molecule has 1 saturated heterocycles. The summed E-state index contributed by atoms with van der Waals surface area (Å²) in [5, 5.41) is 3.01.